The lowest BCUT2D eigenvalue weighted by Gasteiger charge is -2.24. The number of nitrogen functional groups attached to an aromatic ring is 1. The van der Waals surface area contributed by atoms with Crippen molar-refractivity contribution in [2.45, 2.75) is 0 Å². The molecule has 6 heteroatoms. The molecule has 3 rings (SSSR count). The van der Waals surface area contributed by atoms with E-state index in [2.05, 4.69) is 9.97 Å². The molecule has 2 N–H and O–H groups in total. The third-order valence-corrected chi connectivity index (χ3v) is 3.73. The Kier molecular flexibility index (Phi) is 4.53. The van der Waals surface area contributed by atoms with Gasteiger partial charge in [-0.15, -0.1) is 0 Å². The number of hydrogen-bond donors (Lipinski definition) is 1. The first-order chi connectivity index (χ1) is 11.5. The summed E-state index contributed by atoms with van der Waals surface area (Å²) < 4.78 is 0. The van der Waals surface area contributed by atoms with Gasteiger partial charge in [-0.25, -0.2) is 0 Å². The van der Waals surface area contributed by atoms with Crippen molar-refractivity contribution < 1.29 is 0 Å². The second kappa shape index (κ2) is 6.76. The van der Waals surface area contributed by atoms with Gasteiger partial charge in [0, 0.05) is 36.6 Å². The Morgan fingerprint density at radius 1 is 0.875 bits per heavy atom. The van der Waals surface area contributed by atoms with Crippen molar-refractivity contribution in [3.05, 3.63) is 65.7 Å². The van der Waals surface area contributed by atoms with E-state index in [4.69, 9.17) is 17.3 Å². The molecule has 0 saturated carbocycles. The van der Waals surface area contributed by atoms with Gasteiger partial charge in [0.1, 0.15) is 11.6 Å². The fraction of sp³-hybridized carbons (Fsp3) is 0.111. The number of nitrogens with two attached hydrogens (primary N) is 1. The Balaban J connectivity index is 2.17. The molecule has 0 fully saturated rings. The molecule has 122 valence electrons. The normalized spacial score (nSPS) is 10.5. The van der Waals surface area contributed by atoms with Gasteiger partial charge in [0.2, 0.25) is 5.95 Å². The van der Waals surface area contributed by atoms with Crippen LogP contribution in [0.4, 0.5) is 29.0 Å². The van der Waals surface area contributed by atoms with Gasteiger partial charge >= 0.3 is 0 Å². The molecule has 0 bridgehead atoms. The summed E-state index contributed by atoms with van der Waals surface area (Å²) in [6.45, 7) is 0. The van der Waals surface area contributed by atoms with Gasteiger partial charge < -0.3 is 10.6 Å². The van der Waals surface area contributed by atoms with E-state index in [1.54, 1.807) is 6.07 Å². The summed E-state index contributed by atoms with van der Waals surface area (Å²) in [5, 5.41) is 0.675. The van der Waals surface area contributed by atoms with E-state index in [1.807, 2.05) is 78.5 Å². The third kappa shape index (κ3) is 3.41. The van der Waals surface area contributed by atoms with E-state index in [0.29, 0.717) is 16.8 Å². The molecule has 0 aliphatic rings. The van der Waals surface area contributed by atoms with Crippen LogP contribution in [0, 0.1) is 0 Å². The molecule has 0 aliphatic heterocycles. The Hall–Kier alpha value is -2.79. The number of hydrogen-bond acceptors (Lipinski definition) is 5. The molecule has 0 atom stereocenters. The van der Waals surface area contributed by atoms with Crippen molar-refractivity contribution in [2.24, 2.45) is 0 Å². The SMILES string of the molecule is CN(C)c1cc(N)nc(N(c2ccccc2)c2ccc(Cl)cc2)n1. The van der Waals surface area contributed by atoms with Gasteiger partial charge in [-0.05, 0) is 36.4 Å². The second-order valence-corrected chi connectivity index (χ2v) is 5.93. The van der Waals surface area contributed by atoms with Gasteiger partial charge in [-0.2, -0.15) is 9.97 Å². The molecule has 1 heterocycles. The van der Waals surface area contributed by atoms with Crippen molar-refractivity contribution in [3.8, 4) is 0 Å². The summed E-state index contributed by atoms with van der Waals surface area (Å²) >= 11 is 6.02. The van der Waals surface area contributed by atoms with Crippen molar-refractivity contribution in [1.29, 1.82) is 0 Å². The number of rotatable bonds is 4. The van der Waals surface area contributed by atoms with Crippen LogP contribution >= 0.6 is 11.6 Å². The minimum absolute atomic E-state index is 0.415. The maximum absolute atomic E-state index is 6.02. The predicted octanol–water partition coefficient (Wildman–Crippen LogP) is 4.25. The molecular formula is C18H18ClN5. The Labute approximate surface area is 146 Å². The molecule has 0 amide bonds. The van der Waals surface area contributed by atoms with Gasteiger partial charge in [0.25, 0.3) is 0 Å². The largest absolute Gasteiger partial charge is 0.383 e. The summed E-state index contributed by atoms with van der Waals surface area (Å²) in [7, 11) is 3.83. The number of anilines is 5. The number of benzene rings is 2. The van der Waals surface area contributed by atoms with Gasteiger partial charge in [0.15, 0.2) is 0 Å². The molecule has 24 heavy (non-hydrogen) atoms. The van der Waals surface area contributed by atoms with Crippen molar-refractivity contribution in [1.82, 2.24) is 9.97 Å². The summed E-state index contributed by atoms with van der Waals surface area (Å²) in [6.07, 6.45) is 0. The maximum atomic E-state index is 6.02. The fourth-order valence-electron chi connectivity index (χ4n) is 2.32. The highest BCUT2D eigenvalue weighted by atomic mass is 35.5. The summed E-state index contributed by atoms with van der Waals surface area (Å²) in [5.41, 5.74) is 7.83. The van der Waals surface area contributed by atoms with Crippen LogP contribution in [-0.2, 0) is 0 Å². The van der Waals surface area contributed by atoms with Crippen LogP contribution in [-0.4, -0.2) is 24.1 Å². The molecule has 1 aromatic heterocycles. The van der Waals surface area contributed by atoms with Gasteiger partial charge in [-0.1, -0.05) is 29.8 Å². The lowest BCUT2D eigenvalue weighted by Crippen LogP contribution is -2.17. The summed E-state index contributed by atoms with van der Waals surface area (Å²) in [6, 6.07) is 19.2. The molecule has 5 nitrogen and oxygen atoms in total. The molecule has 0 saturated heterocycles. The van der Waals surface area contributed by atoms with Crippen LogP contribution in [0.3, 0.4) is 0 Å². The van der Waals surface area contributed by atoms with Crippen LogP contribution < -0.4 is 15.5 Å². The number of para-hydroxylation sites is 1. The Morgan fingerprint density at radius 3 is 2.12 bits per heavy atom. The van der Waals surface area contributed by atoms with Gasteiger partial charge in [0.05, 0.1) is 0 Å². The zero-order valence-corrected chi connectivity index (χ0v) is 14.3. The highest BCUT2D eigenvalue weighted by Crippen LogP contribution is 2.33. The quantitative estimate of drug-likeness (QED) is 0.770. The van der Waals surface area contributed by atoms with Gasteiger partial charge in [-0.3, -0.25) is 4.90 Å². The minimum Gasteiger partial charge on any atom is -0.383 e. The average Bonchev–Trinajstić information content (AvgIpc) is 2.57. The molecule has 3 aromatic rings. The van der Waals surface area contributed by atoms with E-state index in [0.717, 1.165) is 17.2 Å². The van der Waals surface area contributed by atoms with Crippen LogP contribution in [0.25, 0.3) is 0 Å². The Morgan fingerprint density at radius 2 is 1.50 bits per heavy atom. The third-order valence-electron chi connectivity index (χ3n) is 3.48. The van der Waals surface area contributed by atoms with E-state index in [9.17, 15) is 0 Å². The first kappa shape index (κ1) is 16.1. The van der Waals surface area contributed by atoms with E-state index < -0.39 is 0 Å². The number of aromatic nitrogens is 2. The number of halogens is 1. The molecule has 0 unspecified atom stereocenters. The zero-order chi connectivity index (χ0) is 17.1. The lowest BCUT2D eigenvalue weighted by atomic mass is 10.2. The Bertz CT molecular complexity index is 819. The number of nitrogens with zero attached hydrogens (tertiary/aromatic N) is 4. The van der Waals surface area contributed by atoms with E-state index in [-0.39, 0.29) is 0 Å². The summed E-state index contributed by atoms with van der Waals surface area (Å²) in [5.74, 6) is 1.67. The van der Waals surface area contributed by atoms with Crippen molar-refractivity contribution >= 4 is 40.6 Å². The standard InChI is InChI=1S/C18H18ClN5/c1-23(2)17-12-16(20)21-18(22-17)24(14-6-4-3-5-7-14)15-10-8-13(19)9-11-15/h3-12H,1-2H3,(H2,20,21,22). The predicted molar refractivity (Wildman–Crippen MR) is 100 cm³/mol. The molecule has 2 aromatic carbocycles. The highest BCUT2D eigenvalue weighted by Gasteiger charge is 2.17. The molecular weight excluding hydrogens is 322 g/mol. The first-order valence-electron chi connectivity index (χ1n) is 7.47. The van der Waals surface area contributed by atoms with Crippen molar-refractivity contribution in [2.75, 3.05) is 29.6 Å². The van der Waals surface area contributed by atoms with E-state index in [1.165, 1.54) is 0 Å². The van der Waals surface area contributed by atoms with Crippen LogP contribution in [0.2, 0.25) is 5.02 Å². The fourth-order valence-corrected chi connectivity index (χ4v) is 2.44. The maximum Gasteiger partial charge on any atom is 0.238 e. The van der Waals surface area contributed by atoms with E-state index >= 15 is 0 Å². The second-order valence-electron chi connectivity index (χ2n) is 5.49. The monoisotopic (exact) mass is 339 g/mol. The first-order valence-corrected chi connectivity index (χ1v) is 7.85. The molecule has 0 radical (unpaired) electrons. The van der Waals surface area contributed by atoms with Crippen molar-refractivity contribution in [3.63, 3.8) is 0 Å². The smallest absolute Gasteiger partial charge is 0.238 e. The molecule has 0 spiro atoms. The zero-order valence-electron chi connectivity index (χ0n) is 13.5. The topological polar surface area (TPSA) is 58.3 Å². The van der Waals surface area contributed by atoms with Crippen LogP contribution in [0.15, 0.2) is 60.7 Å². The van der Waals surface area contributed by atoms with Crippen LogP contribution in [0.5, 0.6) is 0 Å². The summed E-state index contributed by atoms with van der Waals surface area (Å²) in [4.78, 5) is 12.9. The highest BCUT2D eigenvalue weighted by molar-refractivity contribution is 6.30. The lowest BCUT2D eigenvalue weighted by molar-refractivity contribution is 1.02. The average molecular weight is 340 g/mol. The van der Waals surface area contributed by atoms with Crippen LogP contribution in [0.1, 0.15) is 0 Å². The molecule has 0 aliphatic carbocycles. The minimum atomic E-state index is 0.415.